The molecule has 0 amide bonds. The Kier molecular flexibility index (Phi) is 6.09. The second-order valence-electron chi connectivity index (χ2n) is 4.49. The topological polar surface area (TPSA) is 41.5 Å². The van der Waals surface area contributed by atoms with E-state index in [1.165, 1.54) is 12.1 Å². The second-order valence-corrected chi connectivity index (χ2v) is 4.49. The normalized spacial score (nSPS) is 14.3. The Balaban J connectivity index is 2.75. The van der Waals surface area contributed by atoms with E-state index in [0.717, 1.165) is 18.5 Å². The molecule has 2 N–H and O–H groups in total. The Hall–Kier alpha value is -1.13. The van der Waals surface area contributed by atoms with Gasteiger partial charge in [0.1, 0.15) is 17.7 Å². The highest BCUT2D eigenvalue weighted by Crippen LogP contribution is 2.21. The summed E-state index contributed by atoms with van der Waals surface area (Å²) in [6.45, 7) is 6.97. The summed E-state index contributed by atoms with van der Waals surface area (Å²) in [4.78, 5) is 0. The molecule has 18 heavy (non-hydrogen) atoms. The molecule has 0 aliphatic heterocycles. The van der Waals surface area contributed by atoms with Crippen LogP contribution in [0.2, 0.25) is 0 Å². The number of hydrogen-bond donors (Lipinski definition) is 2. The van der Waals surface area contributed by atoms with Crippen molar-refractivity contribution in [2.75, 3.05) is 6.54 Å². The van der Waals surface area contributed by atoms with E-state index in [9.17, 15) is 9.50 Å². The number of aliphatic hydroxyl groups excluding tert-OH is 1. The third-order valence-electron chi connectivity index (χ3n) is 2.76. The van der Waals surface area contributed by atoms with E-state index in [1.807, 2.05) is 0 Å². The first-order valence-electron chi connectivity index (χ1n) is 6.38. The SMILES string of the molecule is CCCNCc1cc(F)ccc1OC(C)C(C)O. The second kappa shape index (κ2) is 7.34. The van der Waals surface area contributed by atoms with Gasteiger partial charge in [0.05, 0.1) is 6.10 Å². The van der Waals surface area contributed by atoms with Crippen molar-refractivity contribution in [1.29, 1.82) is 0 Å². The molecule has 1 rings (SSSR count). The standard InChI is InChI=1S/C14H22FNO2/c1-4-7-16-9-12-8-13(15)5-6-14(12)18-11(3)10(2)17/h5-6,8,10-11,16-17H,4,7,9H2,1-3H3. The molecule has 0 spiro atoms. The van der Waals surface area contributed by atoms with Gasteiger partial charge >= 0.3 is 0 Å². The van der Waals surface area contributed by atoms with Gasteiger partial charge in [-0.25, -0.2) is 4.39 Å². The van der Waals surface area contributed by atoms with Crippen molar-refractivity contribution in [2.24, 2.45) is 0 Å². The van der Waals surface area contributed by atoms with Gasteiger partial charge < -0.3 is 15.2 Å². The van der Waals surface area contributed by atoms with Crippen molar-refractivity contribution in [3.63, 3.8) is 0 Å². The molecule has 0 saturated carbocycles. The molecule has 0 radical (unpaired) electrons. The molecule has 0 saturated heterocycles. The Morgan fingerprint density at radius 1 is 1.39 bits per heavy atom. The highest BCUT2D eigenvalue weighted by molar-refractivity contribution is 5.34. The Morgan fingerprint density at radius 3 is 2.72 bits per heavy atom. The monoisotopic (exact) mass is 255 g/mol. The summed E-state index contributed by atoms with van der Waals surface area (Å²) >= 11 is 0. The Bertz CT molecular complexity index is 369. The smallest absolute Gasteiger partial charge is 0.124 e. The summed E-state index contributed by atoms with van der Waals surface area (Å²) in [6.07, 6.45) is 0.141. The average molecular weight is 255 g/mol. The minimum absolute atomic E-state index is 0.277. The van der Waals surface area contributed by atoms with E-state index in [4.69, 9.17) is 4.74 Å². The number of rotatable bonds is 7. The van der Waals surface area contributed by atoms with Crippen LogP contribution in [0, 0.1) is 5.82 Å². The molecule has 0 bridgehead atoms. The first kappa shape index (κ1) is 14.9. The molecular weight excluding hydrogens is 233 g/mol. The van der Waals surface area contributed by atoms with Crippen molar-refractivity contribution in [3.05, 3.63) is 29.6 Å². The minimum atomic E-state index is -0.563. The summed E-state index contributed by atoms with van der Waals surface area (Å²) in [5, 5.41) is 12.6. The minimum Gasteiger partial charge on any atom is -0.488 e. The molecule has 2 atom stereocenters. The molecule has 2 unspecified atom stereocenters. The number of aliphatic hydroxyl groups is 1. The lowest BCUT2D eigenvalue weighted by Gasteiger charge is -2.19. The zero-order chi connectivity index (χ0) is 13.5. The summed E-state index contributed by atoms with van der Waals surface area (Å²) in [5.41, 5.74) is 0.774. The van der Waals surface area contributed by atoms with Crippen molar-refractivity contribution in [2.45, 2.75) is 45.9 Å². The van der Waals surface area contributed by atoms with Crippen LogP contribution < -0.4 is 10.1 Å². The molecule has 0 fully saturated rings. The molecule has 0 heterocycles. The van der Waals surface area contributed by atoms with Gasteiger partial charge in [-0.1, -0.05) is 6.92 Å². The van der Waals surface area contributed by atoms with Crippen molar-refractivity contribution in [1.82, 2.24) is 5.32 Å². The van der Waals surface area contributed by atoms with Gasteiger partial charge in [-0.3, -0.25) is 0 Å². The van der Waals surface area contributed by atoms with Crippen molar-refractivity contribution in [3.8, 4) is 5.75 Å². The summed E-state index contributed by atoms with van der Waals surface area (Å²) < 4.78 is 18.9. The first-order valence-corrected chi connectivity index (χ1v) is 6.38. The van der Waals surface area contributed by atoms with Crippen LogP contribution in [0.1, 0.15) is 32.8 Å². The van der Waals surface area contributed by atoms with Gasteiger partial charge in [0.15, 0.2) is 0 Å². The van der Waals surface area contributed by atoms with Crippen molar-refractivity contribution >= 4 is 0 Å². The zero-order valence-electron chi connectivity index (χ0n) is 11.2. The maximum Gasteiger partial charge on any atom is 0.124 e. The third-order valence-corrected chi connectivity index (χ3v) is 2.76. The Morgan fingerprint density at radius 2 is 2.11 bits per heavy atom. The molecular formula is C14H22FNO2. The van der Waals surface area contributed by atoms with E-state index in [-0.39, 0.29) is 11.9 Å². The average Bonchev–Trinajstić information content (AvgIpc) is 2.32. The van der Waals surface area contributed by atoms with Crippen LogP contribution in [0.5, 0.6) is 5.75 Å². The molecule has 102 valence electrons. The molecule has 4 heteroatoms. The number of ether oxygens (including phenoxy) is 1. The lowest BCUT2D eigenvalue weighted by Crippen LogP contribution is -2.26. The van der Waals surface area contributed by atoms with Crippen LogP contribution >= 0.6 is 0 Å². The highest BCUT2D eigenvalue weighted by atomic mass is 19.1. The molecule has 0 aliphatic carbocycles. The molecule has 1 aromatic carbocycles. The Labute approximate surface area is 108 Å². The van der Waals surface area contributed by atoms with Gasteiger partial charge in [-0.15, -0.1) is 0 Å². The molecule has 0 aliphatic rings. The van der Waals surface area contributed by atoms with E-state index in [1.54, 1.807) is 19.9 Å². The van der Waals surface area contributed by atoms with Crippen LogP contribution in [0.25, 0.3) is 0 Å². The number of benzene rings is 1. The predicted octanol–water partition coefficient (Wildman–Crippen LogP) is 2.47. The van der Waals surface area contributed by atoms with E-state index < -0.39 is 6.10 Å². The molecule has 0 aromatic heterocycles. The van der Waals surface area contributed by atoms with Crippen LogP contribution in [-0.2, 0) is 6.54 Å². The van der Waals surface area contributed by atoms with Gasteiger partial charge in [0.25, 0.3) is 0 Å². The quantitative estimate of drug-likeness (QED) is 0.735. The van der Waals surface area contributed by atoms with Crippen molar-refractivity contribution < 1.29 is 14.2 Å². The van der Waals surface area contributed by atoms with Crippen LogP contribution in [-0.4, -0.2) is 23.9 Å². The molecule has 1 aromatic rings. The predicted molar refractivity (Wildman–Crippen MR) is 70.2 cm³/mol. The van der Waals surface area contributed by atoms with E-state index in [2.05, 4.69) is 12.2 Å². The lowest BCUT2D eigenvalue weighted by molar-refractivity contribution is 0.0597. The van der Waals surface area contributed by atoms with Gasteiger partial charge in [-0.05, 0) is 45.0 Å². The van der Waals surface area contributed by atoms with Crippen LogP contribution in [0.4, 0.5) is 4.39 Å². The van der Waals surface area contributed by atoms with Gasteiger partial charge in [-0.2, -0.15) is 0 Å². The summed E-state index contributed by atoms with van der Waals surface area (Å²) in [5.74, 6) is 0.341. The van der Waals surface area contributed by atoms with Gasteiger partial charge in [0, 0.05) is 12.1 Å². The maximum absolute atomic E-state index is 13.2. The number of nitrogens with one attached hydrogen (secondary N) is 1. The third kappa shape index (κ3) is 4.63. The summed E-state index contributed by atoms with van der Waals surface area (Å²) in [7, 11) is 0. The van der Waals surface area contributed by atoms with E-state index >= 15 is 0 Å². The van der Waals surface area contributed by atoms with Crippen LogP contribution in [0.15, 0.2) is 18.2 Å². The van der Waals surface area contributed by atoms with Crippen LogP contribution in [0.3, 0.4) is 0 Å². The molecule has 3 nitrogen and oxygen atoms in total. The number of hydrogen-bond acceptors (Lipinski definition) is 3. The fourth-order valence-corrected chi connectivity index (χ4v) is 1.50. The first-order chi connectivity index (χ1) is 8.54. The van der Waals surface area contributed by atoms with Gasteiger partial charge in [0.2, 0.25) is 0 Å². The maximum atomic E-state index is 13.2. The largest absolute Gasteiger partial charge is 0.488 e. The fraction of sp³-hybridized carbons (Fsp3) is 0.571. The number of halogens is 1. The highest BCUT2D eigenvalue weighted by Gasteiger charge is 2.13. The lowest BCUT2D eigenvalue weighted by atomic mass is 10.1. The summed E-state index contributed by atoms with van der Waals surface area (Å²) in [6, 6.07) is 4.44. The fourth-order valence-electron chi connectivity index (χ4n) is 1.50. The van der Waals surface area contributed by atoms with E-state index in [0.29, 0.717) is 12.3 Å². The zero-order valence-corrected chi connectivity index (χ0v) is 11.2.